The smallest absolute Gasteiger partial charge is 0.309 e. The van der Waals surface area contributed by atoms with Crippen LogP contribution in [0.25, 0.3) is 4.96 Å². The second-order valence-corrected chi connectivity index (χ2v) is 7.53. The highest BCUT2D eigenvalue weighted by Crippen LogP contribution is 2.28. The number of carbonyl (C=O) groups excluding carboxylic acids is 1. The van der Waals surface area contributed by atoms with Gasteiger partial charge in [0.1, 0.15) is 6.61 Å². The number of esters is 1. The molecule has 2 aliphatic rings. The lowest BCUT2D eigenvalue weighted by atomic mass is 10.0. The summed E-state index contributed by atoms with van der Waals surface area (Å²) in [5, 5.41) is 0. The fraction of sp³-hybridized carbons (Fsp3) is 0.588. The summed E-state index contributed by atoms with van der Waals surface area (Å²) in [6.45, 7) is 0.101. The number of thiazole rings is 1. The molecule has 2 aromatic rings. The number of aryl methyl sites for hydroxylation is 2. The van der Waals surface area contributed by atoms with E-state index in [2.05, 4.69) is 4.98 Å². The van der Waals surface area contributed by atoms with Crippen LogP contribution in [-0.4, -0.2) is 15.4 Å². The van der Waals surface area contributed by atoms with Crippen LogP contribution in [0, 0.1) is 5.92 Å². The number of rotatable bonds is 3. The molecule has 2 aromatic heterocycles. The van der Waals surface area contributed by atoms with Crippen LogP contribution in [0.3, 0.4) is 0 Å². The molecule has 122 valence electrons. The zero-order chi connectivity index (χ0) is 15.8. The predicted molar refractivity (Wildman–Crippen MR) is 87.7 cm³/mol. The normalized spacial score (nSPS) is 18.3. The Hall–Kier alpha value is -1.69. The van der Waals surface area contributed by atoms with Gasteiger partial charge in [0.2, 0.25) is 0 Å². The van der Waals surface area contributed by atoms with Gasteiger partial charge in [0.15, 0.2) is 4.96 Å². The summed E-state index contributed by atoms with van der Waals surface area (Å²) in [6.07, 6.45) is 8.35. The van der Waals surface area contributed by atoms with Gasteiger partial charge in [0, 0.05) is 16.6 Å². The first-order valence-corrected chi connectivity index (χ1v) is 9.24. The number of carbonyl (C=O) groups is 1. The van der Waals surface area contributed by atoms with Gasteiger partial charge in [-0.3, -0.25) is 14.0 Å². The lowest BCUT2D eigenvalue weighted by Gasteiger charge is -2.10. The summed E-state index contributed by atoms with van der Waals surface area (Å²) in [7, 11) is 0. The third-order valence-electron chi connectivity index (χ3n) is 4.87. The standard InChI is InChI=1S/C17H20N2O3S/c20-15-9-12(10-22-16(21)11-5-1-2-6-11)18-17-19(15)13-7-3-4-8-14(13)23-17/h9,11H,1-8,10H2. The summed E-state index contributed by atoms with van der Waals surface area (Å²) in [6, 6.07) is 1.51. The van der Waals surface area contributed by atoms with Crippen LogP contribution in [0.15, 0.2) is 10.9 Å². The van der Waals surface area contributed by atoms with Crippen molar-refractivity contribution in [2.75, 3.05) is 0 Å². The molecule has 0 amide bonds. The van der Waals surface area contributed by atoms with Gasteiger partial charge in [0.05, 0.1) is 11.6 Å². The highest BCUT2D eigenvalue weighted by atomic mass is 32.1. The average Bonchev–Trinajstić information content (AvgIpc) is 3.19. The van der Waals surface area contributed by atoms with Crippen molar-refractivity contribution in [2.45, 2.75) is 58.0 Å². The Kier molecular flexibility index (Phi) is 3.93. The highest BCUT2D eigenvalue weighted by Gasteiger charge is 2.24. The van der Waals surface area contributed by atoms with Crippen molar-refractivity contribution in [1.29, 1.82) is 0 Å². The molecule has 0 spiro atoms. The summed E-state index contributed by atoms with van der Waals surface area (Å²) >= 11 is 1.60. The number of fused-ring (bicyclic) bond motifs is 3. The zero-order valence-corrected chi connectivity index (χ0v) is 13.9. The molecular formula is C17H20N2O3S. The molecule has 0 aliphatic heterocycles. The monoisotopic (exact) mass is 332 g/mol. The van der Waals surface area contributed by atoms with Crippen LogP contribution < -0.4 is 5.56 Å². The molecule has 2 heterocycles. The lowest BCUT2D eigenvalue weighted by molar-refractivity contribution is -0.149. The molecule has 1 fully saturated rings. The minimum atomic E-state index is -0.144. The number of hydrogen-bond acceptors (Lipinski definition) is 5. The van der Waals surface area contributed by atoms with E-state index in [4.69, 9.17) is 4.74 Å². The molecule has 0 atom stereocenters. The maximum atomic E-state index is 12.4. The van der Waals surface area contributed by atoms with E-state index in [9.17, 15) is 9.59 Å². The molecule has 1 saturated carbocycles. The van der Waals surface area contributed by atoms with Crippen LogP contribution in [0.1, 0.15) is 54.8 Å². The summed E-state index contributed by atoms with van der Waals surface area (Å²) < 4.78 is 7.11. The summed E-state index contributed by atoms with van der Waals surface area (Å²) in [5.74, 6) is -0.108. The molecule has 0 N–H and O–H groups in total. The molecule has 0 saturated heterocycles. The van der Waals surface area contributed by atoms with Gasteiger partial charge in [-0.1, -0.05) is 12.8 Å². The van der Waals surface area contributed by atoms with Gasteiger partial charge in [0.25, 0.3) is 5.56 Å². The fourth-order valence-electron chi connectivity index (χ4n) is 3.64. The van der Waals surface area contributed by atoms with Gasteiger partial charge in [-0.05, 0) is 38.5 Å². The van der Waals surface area contributed by atoms with Crippen LogP contribution in [0.4, 0.5) is 0 Å². The van der Waals surface area contributed by atoms with Gasteiger partial charge in [-0.25, -0.2) is 4.98 Å². The van der Waals surface area contributed by atoms with E-state index >= 15 is 0 Å². The Morgan fingerprint density at radius 3 is 2.87 bits per heavy atom. The van der Waals surface area contributed by atoms with Crippen molar-refractivity contribution in [2.24, 2.45) is 5.92 Å². The SMILES string of the molecule is O=C(OCc1cc(=O)n2c3c(sc2n1)CCCC3)C1CCCC1. The minimum Gasteiger partial charge on any atom is -0.459 e. The third-order valence-corrected chi connectivity index (χ3v) is 6.01. The number of ether oxygens (including phenoxy) is 1. The van der Waals surface area contributed by atoms with Gasteiger partial charge in [-0.2, -0.15) is 0 Å². The lowest BCUT2D eigenvalue weighted by Crippen LogP contribution is -2.19. The predicted octanol–water partition coefficient (Wildman–Crippen LogP) is 2.87. The van der Waals surface area contributed by atoms with Crippen LogP contribution in [-0.2, 0) is 29.0 Å². The molecule has 0 unspecified atom stereocenters. The Labute approximate surface area is 138 Å². The Morgan fingerprint density at radius 1 is 1.26 bits per heavy atom. The molecule has 0 aromatic carbocycles. The molecule has 23 heavy (non-hydrogen) atoms. The minimum absolute atomic E-state index is 0.0360. The number of nitrogens with zero attached hydrogens (tertiary/aromatic N) is 2. The number of aromatic nitrogens is 2. The fourth-order valence-corrected chi connectivity index (χ4v) is 4.87. The van der Waals surface area contributed by atoms with E-state index in [1.54, 1.807) is 15.7 Å². The van der Waals surface area contributed by atoms with Gasteiger partial charge < -0.3 is 4.74 Å². The van der Waals surface area contributed by atoms with E-state index < -0.39 is 0 Å². The summed E-state index contributed by atoms with van der Waals surface area (Å²) in [5.41, 5.74) is 1.63. The van der Waals surface area contributed by atoms with Gasteiger partial charge in [-0.15, -0.1) is 11.3 Å². The molecule has 6 heteroatoms. The second kappa shape index (κ2) is 6.07. The number of hydrogen-bond donors (Lipinski definition) is 0. The van der Waals surface area contributed by atoms with Crippen molar-refractivity contribution in [3.05, 3.63) is 32.7 Å². The van der Waals surface area contributed by atoms with Crippen molar-refractivity contribution in [3.63, 3.8) is 0 Å². The molecule has 0 radical (unpaired) electrons. The molecule has 2 aliphatic carbocycles. The Morgan fingerprint density at radius 2 is 2.04 bits per heavy atom. The van der Waals surface area contributed by atoms with E-state index in [1.165, 1.54) is 17.4 Å². The molecule has 4 rings (SSSR count). The highest BCUT2D eigenvalue weighted by molar-refractivity contribution is 7.17. The Bertz CT molecular complexity index is 802. The van der Waals surface area contributed by atoms with Crippen LogP contribution >= 0.6 is 11.3 Å². The van der Waals surface area contributed by atoms with E-state index in [0.29, 0.717) is 5.69 Å². The van der Waals surface area contributed by atoms with Crippen LogP contribution in [0.2, 0.25) is 0 Å². The molecule has 5 nitrogen and oxygen atoms in total. The van der Waals surface area contributed by atoms with E-state index in [1.807, 2.05) is 0 Å². The Balaban J connectivity index is 1.56. The van der Waals surface area contributed by atoms with Crippen molar-refractivity contribution in [1.82, 2.24) is 9.38 Å². The molecular weight excluding hydrogens is 312 g/mol. The topological polar surface area (TPSA) is 60.7 Å². The second-order valence-electron chi connectivity index (χ2n) is 6.47. The van der Waals surface area contributed by atoms with Gasteiger partial charge >= 0.3 is 5.97 Å². The maximum absolute atomic E-state index is 12.4. The van der Waals surface area contributed by atoms with Crippen molar-refractivity contribution in [3.8, 4) is 0 Å². The first-order valence-electron chi connectivity index (χ1n) is 8.42. The van der Waals surface area contributed by atoms with E-state index in [0.717, 1.165) is 55.6 Å². The van der Waals surface area contributed by atoms with Crippen LogP contribution in [0.5, 0.6) is 0 Å². The van der Waals surface area contributed by atoms with E-state index in [-0.39, 0.29) is 24.1 Å². The van der Waals surface area contributed by atoms with Crippen molar-refractivity contribution < 1.29 is 9.53 Å². The third kappa shape index (κ3) is 2.80. The largest absolute Gasteiger partial charge is 0.459 e. The maximum Gasteiger partial charge on any atom is 0.309 e. The van der Waals surface area contributed by atoms with Crippen molar-refractivity contribution >= 4 is 22.3 Å². The molecule has 0 bridgehead atoms. The average molecular weight is 332 g/mol. The summed E-state index contributed by atoms with van der Waals surface area (Å²) in [4.78, 5) is 31.0. The quantitative estimate of drug-likeness (QED) is 0.811. The first-order chi connectivity index (χ1) is 11.2. The zero-order valence-electron chi connectivity index (χ0n) is 13.0. The first kappa shape index (κ1) is 14.9.